The number of carbonyl (C=O) groups excluding carboxylic acids is 1. The molecule has 2 rings (SSSR count). The van der Waals surface area contributed by atoms with Crippen LogP contribution in [0.5, 0.6) is 0 Å². The van der Waals surface area contributed by atoms with Crippen LogP contribution in [-0.2, 0) is 10.0 Å². The molecule has 0 unspecified atom stereocenters. The van der Waals surface area contributed by atoms with Gasteiger partial charge in [0.2, 0.25) is 0 Å². The lowest BCUT2D eigenvalue weighted by Crippen LogP contribution is -2.30. The van der Waals surface area contributed by atoms with Gasteiger partial charge >= 0.3 is 0 Å². The van der Waals surface area contributed by atoms with Crippen LogP contribution in [0.3, 0.4) is 0 Å². The van der Waals surface area contributed by atoms with Crippen molar-refractivity contribution in [1.82, 2.24) is 4.72 Å². The van der Waals surface area contributed by atoms with Crippen molar-refractivity contribution in [3.05, 3.63) is 69.0 Å². The molecular formula is C13H8ClFN2O5S. The third-order valence-corrected chi connectivity index (χ3v) is 4.42. The number of non-ortho nitro benzene ring substituents is 1. The summed E-state index contributed by atoms with van der Waals surface area (Å²) >= 11 is 5.75. The minimum atomic E-state index is -4.23. The van der Waals surface area contributed by atoms with Crippen LogP contribution in [0.1, 0.15) is 10.4 Å². The summed E-state index contributed by atoms with van der Waals surface area (Å²) in [4.78, 5) is 21.6. The molecule has 0 spiro atoms. The Morgan fingerprint density at radius 1 is 1.17 bits per heavy atom. The minimum Gasteiger partial charge on any atom is -0.268 e. The van der Waals surface area contributed by atoms with E-state index in [1.54, 1.807) is 4.72 Å². The van der Waals surface area contributed by atoms with E-state index >= 15 is 0 Å². The average molecular weight is 359 g/mol. The third kappa shape index (κ3) is 3.82. The van der Waals surface area contributed by atoms with Crippen LogP contribution < -0.4 is 4.72 Å². The summed E-state index contributed by atoms with van der Waals surface area (Å²) in [6.45, 7) is 0. The van der Waals surface area contributed by atoms with E-state index in [-0.39, 0.29) is 21.2 Å². The predicted octanol–water partition coefficient (Wildman–Crippen LogP) is 2.51. The number of rotatable bonds is 4. The molecule has 0 saturated carbocycles. The fourth-order valence-corrected chi connectivity index (χ4v) is 2.88. The molecule has 7 nitrogen and oxygen atoms in total. The van der Waals surface area contributed by atoms with Gasteiger partial charge in [0.05, 0.1) is 20.4 Å². The number of nitrogens with one attached hydrogen (secondary N) is 1. The number of halogens is 2. The minimum absolute atomic E-state index is 0.247. The molecule has 0 aromatic heterocycles. The highest BCUT2D eigenvalue weighted by Crippen LogP contribution is 2.23. The lowest BCUT2D eigenvalue weighted by molar-refractivity contribution is -0.384. The molecule has 0 aliphatic carbocycles. The van der Waals surface area contributed by atoms with Crippen molar-refractivity contribution < 1.29 is 22.5 Å². The number of sulfonamides is 1. The van der Waals surface area contributed by atoms with Gasteiger partial charge in [0.25, 0.3) is 21.6 Å². The van der Waals surface area contributed by atoms with Crippen molar-refractivity contribution in [3.8, 4) is 0 Å². The number of nitro benzene ring substituents is 1. The normalized spacial score (nSPS) is 11.0. The van der Waals surface area contributed by atoms with Crippen LogP contribution in [-0.4, -0.2) is 19.2 Å². The van der Waals surface area contributed by atoms with E-state index in [1.165, 1.54) is 0 Å². The van der Waals surface area contributed by atoms with Crippen LogP contribution >= 0.6 is 11.6 Å². The Hall–Kier alpha value is -2.52. The predicted molar refractivity (Wildman–Crippen MR) is 79.2 cm³/mol. The number of nitro groups is 1. The van der Waals surface area contributed by atoms with Crippen molar-refractivity contribution in [1.29, 1.82) is 0 Å². The van der Waals surface area contributed by atoms with E-state index in [2.05, 4.69) is 0 Å². The molecule has 2 aromatic carbocycles. The Kier molecular flexibility index (Phi) is 4.62. The lowest BCUT2D eigenvalue weighted by atomic mass is 10.2. The molecule has 10 heteroatoms. The van der Waals surface area contributed by atoms with Crippen molar-refractivity contribution in [3.63, 3.8) is 0 Å². The first-order valence-electron chi connectivity index (χ1n) is 5.97. The second-order valence-electron chi connectivity index (χ2n) is 4.31. The van der Waals surface area contributed by atoms with Gasteiger partial charge in [-0.3, -0.25) is 14.9 Å². The van der Waals surface area contributed by atoms with E-state index in [9.17, 15) is 27.7 Å². The summed E-state index contributed by atoms with van der Waals surface area (Å²) in [7, 11) is -4.23. The third-order valence-electron chi connectivity index (χ3n) is 2.76. The molecule has 0 atom stereocenters. The molecule has 0 fully saturated rings. The zero-order valence-corrected chi connectivity index (χ0v) is 12.8. The number of hydrogen-bond donors (Lipinski definition) is 1. The van der Waals surface area contributed by atoms with Gasteiger partial charge in [0.15, 0.2) is 0 Å². The summed E-state index contributed by atoms with van der Waals surface area (Å²) in [6.07, 6.45) is 0. The molecule has 0 aliphatic rings. The second kappa shape index (κ2) is 6.31. The fourth-order valence-electron chi connectivity index (χ4n) is 1.65. The lowest BCUT2D eigenvalue weighted by Gasteiger charge is -2.08. The highest BCUT2D eigenvalue weighted by molar-refractivity contribution is 7.90. The molecular weight excluding hydrogens is 351 g/mol. The van der Waals surface area contributed by atoms with Gasteiger partial charge < -0.3 is 0 Å². The van der Waals surface area contributed by atoms with Crippen LogP contribution in [0, 0.1) is 15.9 Å². The molecule has 0 aliphatic heterocycles. The van der Waals surface area contributed by atoms with Gasteiger partial charge in [-0.05, 0) is 30.3 Å². The Balaban J connectivity index is 2.28. The number of nitrogens with zero attached hydrogens (tertiary/aromatic N) is 1. The Bertz CT molecular complexity index is 884. The topological polar surface area (TPSA) is 106 Å². The van der Waals surface area contributed by atoms with Gasteiger partial charge in [0, 0.05) is 12.1 Å². The molecule has 0 radical (unpaired) electrons. The van der Waals surface area contributed by atoms with Gasteiger partial charge in [-0.15, -0.1) is 0 Å². The van der Waals surface area contributed by atoms with Crippen molar-refractivity contribution in [2.45, 2.75) is 4.90 Å². The summed E-state index contributed by atoms with van der Waals surface area (Å²) in [5.41, 5.74) is -0.587. The number of benzene rings is 2. The molecule has 120 valence electrons. The largest absolute Gasteiger partial charge is 0.270 e. The molecule has 1 amide bonds. The van der Waals surface area contributed by atoms with E-state index in [0.717, 1.165) is 42.5 Å². The second-order valence-corrected chi connectivity index (χ2v) is 6.40. The monoisotopic (exact) mass is 358 g/mol. The summed E-state index contributed by atoms with van der Waals surface area (Å²) in [6, 6.07) is 6.82. The van der Waals surface area contributed by atoms with Gasteiger partial charge in [-0.2, -0.15) is 0 Å². The maximum absolute atomic E-state index is 12.8. The summed E-state index contributed by atoms with van der Waals surface area (Å²) < 4.78 is 38.6. The molecule has 0 saturated heterocycles. The van der Waals surface area contributed by atoms with E-state index in [1.807, 2.05) is 0 Å². The van der Waals surface area contributed by atoms with Crippen molar-refractivity contribution >= 4 is 33.2 Å². The van der Waals surface area contributed by atoms with E-state index in [4.69, 9.17) is 11.6 Å². The van der Waals surface area contributed by atoms with Crippen molar-refractivity contribution in [2.75, 3.05) is 0 Å². The Labute approximate surface area is 134 Å². The molecule has 23 heavy (non-hydrogen) atoms. The van der Waals surface area contributed by atoms with Crippen LogP contribution in [0.25, 0.3) is 0 Å². The Morgan fingerprint density at radius 3 is 2.30 bits per heavy atom. The highest BCUT2D eigenvalue weighted by atomic mass is 35.5. The SMILES string of the molecule is O=C(NS(=O)(=O)c1ccc(F)cc1)c1ccc([N+](=O)[O-])cc1Cl. The van der Waals surface area contributed by atoms with Gasteiger partial charge in [0.1, 0.15) is 5.82 Å². The zero-order chi connectivity index (χ0) is 17.2. The average Bonchev–Trinajstić information content (AvgIpc) is 2.46. The first-order chi connectivity index (χ1) is 10.7. The molecule has 0 bridgehead atoms. The highest BCUT2D eigenvalue weighted by Gasteiger charge is 2.21. The quantitative estimate of drug-likeness (QED) is 0.667. The van der Waals surface area contributed by atoms with Crippen molar-refractivity contribution in [2.24, 2.45) is 0 Å². The van der Waals surface area contributed by atoms with Gasteiger partial charge in [-0.25, -0.2) is 17.5 Å². The standard InChI is InChI=1S/C13H8ClFN2O5S/c14-12-7-9(17(19)20)3-6-11(12)13(18)16-23(21,22)10-4-1-8(15)2-5-10/h1-7H,(H,16,18). The first kappa shape index (κ1) is 16.8. The van der Waals surface area contributed by atoms with Crippen LogP contribution in [0.2, 0.25) is 5.02 Å². The fraction of sp³-hybridized carbons (Fsp3) is 0. The number of carbonyl (C=O) groups is 1. The van der Waals surface area contributed by atoms with Crippen LogP contribution in [0.4, 0.5) is 10.1 Å². The summed E-state index contributed by atoms with van der Waals surface area (Å²) in [5, 5.41) is 10.3. The maximum atomic E-state index is 12.8. The maximum Gasteiger partial charge on any atom is 0.270 e. The van der Waals surface area contributed by atoms with Crippen LogP contribution in [0.15, 0.2) is 47.4 Å². The number of hydrogen-bond acceptors (Lipinski definition) is 5. The van der Waals surface area contributed by atoms with E-state index < -0.39 is 26.7 Å². The zero-order valence-electron chi connectivity index (χ0n) is 11.2. The van der Waals surface area contributed by atoms with Gasteiger partial charge in [-0.1, -0.05) is 11.6 Å². The molecule has 1 N–H and O–H groups in total. The Morgan fingerprint density at radius 2 is 1.78 bits per heavy atom. The smallest absolute Gasteiger partial charge is 0.268 e. The number of amides is 1. The first-order valence-corrected chi connectivity index (χ1v) is 7.83. The molecule has 2 aromatic rings. The summed E-state index contributed by atoms with van der Waals surface area (Å²) in [5.74, 6) is -1.69. The van der Waals surface area contributed by atoms with E-state index in [0.29, 0.717) is 0 Å². The molecule has 0 heterocycles.